The van der Waals surface area contributed by atoms with Gasteiger partial charge in [0.1, 0.15) is 5.01 Å². The summed E-state index contributed by atoms with van der Waals surface area (Å²) in [7, 11) is 0. The minimum absolute atomic E-state index is 0.666. The highest BCUT2D eigenvalue weighted by Crippen LogP contribution is 2.06. The SMILES string of the molecule is ClCCCc1cn(Cc2nccs2)nn1. The molecule has 0 aliphatic rings. The first kappa shape index (κ1) is 10.6. The molecule has 0 saturated carbocycles. The summed E-state index contributed by atoms with van der Waals surface area (Å²) in [6.07, 6.45) is 5.58. The topological polar surface area (TPSA) is 43.6 Å². The van der Waals surface area contributed by atoms with Crippen molar-refractivity contribution in [1.29, 1.82) is 0 Å². The van der Waals surface area contributed by atoms with Crippen LogP contribution < -0.4 is 0 Å². The van der Waals surface area contributed by atoms with Crippen molar-refractivity contribution in [3.05, 3.63) is 28.5 Å². The molecule has 2 rings (SSSR count). The van der Waals surface area contributed by atoms with Crippen LogP contribution in [0.5, 0.6) is 0 Å². The van der Waals surface area contributed by atoms with Crippen molar-refractivity contribution in [2.45, 2.75) is 19.4 Å². The van der Waals surface area contributed by atoms with Crippen molar-refractivity contribution in [2.24, 2.45) is 0 Å². The Morgan fingerprint density at radius 3 is 3.13 bits per heavy atom. The fourth-order valence-corrected chi connectivity index (χ4v) is 1.99. The Hall–Kier alpha value is -0.940. The first-order valence-corrected chi connectivity index (χ1v) is 6.13. The van der Waals surface area contributed by atoms with E-state index in [9.17, 15) is 0 Å². The molecule has 2 heterocycles. The van der Waals surface area contributed by atoms with E-state index in [-0.39, 0.29) is 0 Å². The molecule has 0 aromatic carbocycles. The Bertz CT molecular complexity index is 398. The third kappa shape index (κ3) is 3.00. The molecule has 2 aromatic rings. The van der Waals surface area contributed by atoms with Crippen LogP contribution in [0.4, 0.5) is 0 Å². The summed E-state index contributed by atoms with van der Waals surface area (Å²) in [5.41, 5.74) is 0.993. The largest absolute Gasteiger partial charge is 0.248 e. The van der Waals surface area contributed by atoms with Gasteiger partial charge >= 0.3 is 0 Å². The number of halogens is 1. The Balaban J connectivity index is 1.95. The average molecular weight is 243 g/mol. The van der Waals surface area contributed by atoms with E-state index in [1.54, 1.807) is 17.5 Å². The molecule has 0 aliphatic carbocycles. The monoisotopic (exact) mass is 242 g/mol. The molecule has 15 heavy (non-hydrogen) atoms. The van der Waals surface area contributed by atoms with E-state index in [4.69, 9.17) is 11.6 Å². The zero-order valence-corrected chi connectivity index (χ0v) is 9.71. The second-order valence-corrected chi connectivity index (χ2v) is 4.48. The lowest BCUT2D eigenvalue weighted by atomic mass is 10.3. The van der Waals surface area contributed by atoms with Crippen molar-refractivity contribution in [3.63, 3.8) is 0 Å². The molecule has 0 fully saturated rings. The normalized spacial score (nSPS) is 10.7. The van der Waals surface area contributed by atoms with Crippen molar-refractivity contribution in [2.75, 3.05) is 5.88 Å². The number of rotatable bonds is 5. The third-order valence-corrected chi connectivity index (χ3v) is 2.97. The molecule has 0 saturated heterocycles. The van der Waals surface area contributed by atoms with Gasteiger partial charge in [-0.25, -0.2) is 9.67 Å². The molecule has 4 nitrogen and oxygen atoms in total. The lowest BCUT2D eigenvalue weighted by Gasteiger charge is -1.94. The minimum atomic E-state index is 0.666. The summed E-state index contributed by atoms with van der Waals surface area (Å²) in [5.74, 6) is 0.666. The van der Waals surface area contributed by atoms with E-state index in [2.05, 4.69) is 15.3 Å². The van der Waals surface area contributed by atoms with Crippen LogP contribution >= 0.6 is 22.9 Å². The van der Waals surface area contributed by atoms with Crippen LogP contribution in [-0.2, 0) is 13.0 Å². The number of aryl methyl sites for hydroxylation is 1. The molecule has 0 atom stereocenters. The van der Waals surface area contributed by atoms with Crippen molar-refractivity contribution < 1.29 is 0 Å². The van der Waals surface area contributed by atoms with Crippen LogP contribution in [0.25, 0.3) is 0 Å². The van der Waals surface area contributed by atoms with Gasteiger partial charge in [-0.3, -0.25) is 0 Å². The van der Waals surface area contributed by atoms with Gasteiger partial charge in [0.2, 0.25) is 0 Å². The second-order valence-electron chi connectivity index (χ2n) is 3.13. The summed E-state index contributed by atoms with van der Waals surface area (Å²) < 4.78 is 1.81. The summed E-state index contributed by atoms with van der Waals surface area (Å²) in [6, 6.07) is 0. The highest BCUT2D eigenvalue weighted by atomic mass is 35.5. The Morgan fingerprint density at radius 2 is 2.40 bits per heavy atom. The summed E-state index contributed by atoms with van der Waals surface area (Å²) in [4.78, 5) is 4.19. The van der Waals surface area contributed by atoms with Crippen LogP contribution in [0, 0.1) is 0 Å². The van der Waals surface area contributed by atoms with Gasteiger partial charge in [-0.15, -0.1) is 28.0 Å². The number of alkyl halides is 1. The Labute approximate surface area is 96.9 Å². The number of nitrogens with zero attached hydrogens (tertiary/aromatic N) is 4. The molecule has 80 valence electrons. The number of thiazole rings is 1. The van der Waals surface area contributed by atoms with E-state index in [1.165, 1.54) is 0 Å². The van der Waals surface area contributed by atoms with Crippen LogP contribution in [0.3, 0.4) is 0 Å². The van der Waals surface area contributed by atoms with E-state index >= 15 is 0 Å². The summed E-state index contributed by atoms with van der Waals surface area (Å²) in [5, 5.41) is 11.1. The van der Waals surface area contributed by atoms with Gasteiger partial charge < -0.3 is 0 Å². The zero-order chi connectivity index (χ0) is 10.5. The smallest absolute Gasteiger partial charge is 0.114 e. The molecular formula is C9H11ClN4S. The molecule has 0 amide bonds. The van der Waals surface area contributed by atoms with Crippen LogP contribution in [0.2, 0.25) is 0 Å². The fraction of sp³-hybridized carbons (Fsp3) is 0.444. The predicted molar refractivity (Wildman–Crippen MR) is 60.3 cm³/mol. The minimum Gasteiger partial charge on any atom is -0.248 e. The van der Waals surface area contributed by atoms with Gasteiger partial charge in [-0.2, -0.15) is 0 Å². The first-order chi connectivity index (χ1) is 7.38. The van der Waals surface area contributed by atoms with E-state index in [0.717, 1.165) is 23.5 Å². The zero-order valence-electron chi connectivity index (χ0n) is 8.14. The predicted octanol–water partition coefficient (Wildman–Crippen LogP) is 1.95. The van der Waals surface area contributed by atoms with Gasteiger partial charge in [0, 0.05) is 23.7 Å². The maximum absolute atomic E-state index is 5.61. The number of aromatic nitrogens is 4. The van der Waals surface area contributed by atoms with Gasteiger partial charge in [-0.05, 0) is 12.8 Å². The number of hydrogen-bond acceptors (Lipinski definition) is 4. The highest BCUT2D eigenvalue weighted by Gasteiger charge is 2.02. The van der Waals surface area contributed by atoms with Gasteiger partial charge in [0.15, 0.2) is 0 Å². The second kappa shape index (κ2) is 5.23. The quantitative estimate of drug-likeness (QED) is 0.753. The molecule has 0 unspecified atom stereocenters. The molecule has 0 bridgehead atoms. The van der Waals surface area contributed by atoms with Crippen molar-refractivity contribution in [3.8, 4) is 0 Å². The van der Waals surface area contributed by atoms with E-state index in [1.807, 2.05) is 16.3 Å². The maximum Gasteiger partial charge on any atom is 0.114 e. The van der Waals surface area contributed by atoms with E-state index in [0.29, 0.717) is 12.4 Å². The average Bonchev–Trinajstić information content (AvgIpc) is 2.87. The molecule has 2 aromatic heterocycles. The van der Waals surface area contributed by atoms with Gasteiger partial charge in [-0.1, -0.05) is 5.21 Å². The van der Waals surface area contributed by atoms with Crippen LogP contribution in [-0.4, -0.2) is 25.9 Å². The highest BCUT2D eigenvalue weighted by molar-refractivity contribution is 7.09. The van der Waals surface area contributed by atoms with Crippen LogP contribution in [0.15, 0.2) is 17.8 Å². The van der Waals surface area contributed by atoms with E-state index < -0.39 is 0 Å². The first-order valence-electron chi connectivity index (χ1n) is 4.72. The fourth-order valence-electron chi connectivity index (χ4n) is 1.25. The standard InChI is InChI=1S/C9H11ClN4S/c10-3-1-2-8-6-14(13-12-8)7-9-11-4-5-15-9/h4-6H,1-3,7H2. The molecule has 0 spiro atoms. The number of hydrogen-bond donors (Lipinski definition) is 0. The molecular weight excluding hydrogens is 232 g/mol. The maximum atomic E-state index is 5.61. The molecule has 0 aliphatic heterocycles. The van der Waals surface area contributed by atoms with Gasteiger partial charge in [0.25, 0.3) is 0 Å². The molecule has 0 N–H and O–H groups in total. The Kier molecular flexibility index (Phi) is 3.69. The van der Waals surface area contributed by atoms with Gasteiger partial charge in [0.05, 0.1) is 12.2 Å². The lowest BCUT2D eigenvalue weighted by molar-refractivity contribution is 0.646. The summed E-state index contributed by atoms with van der Waals surface area (Å²) in [6.45, 7) is 0.700. The van der Waals surface area contributed by atoms with Crippen molar-refractivity contribution in [1.82, 2.24) is 20.0 Å². The molecule has 0 radical (unpaired) electrons. The lowest BCUT2D eigenvalue weighted by Crippen LogP contribution is -1.99. The van der Waals surface area contributed by atoms with Crippen molar-refractivity contribution >= 4 is 22.9 Å². The third-order valence-electron chi connectivity index (χ3n) is 1.93. The Morgan fingerprint density at radius 1 is 1.47 bits per heavy atom. The molecule has 6 heteroatoms. The van der Waals surface area contributed by atoms with Crippen LogP contribution in [0.1, 0.15) is 17.1 Å². The summed E-state index contributed by atoms with van der Waals surface area (Å²) >= 11 is 7.23.